The van der Waals surface area contributed by atoms with E-state index in [2.05, 4.69) is 15.4 Å². The van der Waals surface area contributed by atoms with Crippen LogP contribution in [0, 0.1) is 0 Å². The zero-order valence-corrected chi connectivity index (χ0v) is 10.6. The molecule has 0 atom stereocenters. The molecule has 0 aromatic heterocycles. The molecule has 6 heteroatoms. The summed E-state index contributed by atoms with van der Waals surface area (Å²) in [7, 11) is 0. The van der Waals surface area contributed by atoms with Gasteiger partial charge in [0.2, 0.25) is 0 Å². The lowest BCUT2D eigenvalue weighted by atomic mass is 10.2. The van der Waals surface area contributed by atoms with Crippen molar-refractivity contribution in [1.82, 2.24) is 5.43 Å². The number of morpholine rings is 1. The van der Waals surface area contributed by atoms with Gasteiger partial charge in [-0.15, -0.1) is 0 Å². The fraction of sp³-hybridized carbons (Fsp3) is 0.385. The average molecular weight is 263 g/mol. The Morgan fingerprint density at radius 3 is 2.68 bits per heavy atom. The van der Waals surface area contributed by atoms with Gasteiger partial charge in [-0.1, -0.05) is 12.1 Å². The first kappa shape index (κ1) is 13.5. The van der Waals surface area contributed by atoms with Crippen molar-refractivity contribution >= 4 is 17.8 Å². The van der Waals surface area contributed by atoms with Crippen LogP contribution in [0.4, 0.5) is 5.69 Å². The normalized spacial score (nSPS) is 15.7. The molecule has 0 radical (unpaired) electrons. The number of amides is 1. The summed E-state index contributed by atoms with van der Waals surface area (Å²) in [5.74, 6) is -0.527. The molecule has 2 rings (SSSR count). The van der Waals surface area contributed by atoms with Crippen molar-refractivity contribution in [2.75, 3.05) is 37.8 Å². The third kappa shape index (κ3) is 4.04. The number of ether oxygens (including phenoxy) is 1. The third-order valence-corrected chi connectivity index (χ3v) is 2.82. The van der Waals surface area contributed by atoms with Gasteiger partial charge in [0.25, 0.3) is 5.91 Å². The zero-order valence-electron chi connectivity index (χ0n) is 10.6. The van der Waals surface area contributed by atoms with E-state index in [-0.39, 0.29) is 0 Å². The number of nitrogens with zero attached hydrogens (tertiary/aromatic N) is 2. The van der Waals surface area contributed by atoms with Crippen LogP contribution in [0.3, 0.4) is 0 Å². The molecule has 1 aliphatic rings. The zero-order chi connectivity index (χ0) is 13.5. The number of carbonyl (C=O) groups excluding carboxylic acids is 1. The molecule has 102 valence electrons. The summed E-state index contributed by atoms with van der Waals surface area (Å²) in [6.07, 6.45) is 1.54. The van der Waals surface area contributed by atoms with Crippen LogP contribution in [0.25, 0.3) is 0 Å². The van der Waals surface area contributed by atoms with Crippen molar-refractivity contribution in [2.45, 2.75) is 0 Å². The van der Waals surface area contributed by atoms with Crippen molar-refractivity contribution in [3.05, 3.63) is 29.8 Å². The fourth-order valence-corrected chi connectivity index (χ4v) is 1.81. The summed E-state index contributed by atoms with van der Waals surface area (Å²) in [6, 6.07) is 7.89. The molecule has 1 aromatic rings. The van der Waals surface area contributed by atoms with Gasteiger partial charge < -0.3 is 14.7 Å². The van der Waals surface area contributed by atoms with Crippen LogP contribution in [0.1, 0.15) is 5.56 Å². The quantitative estimate of drug-likeness (QED) is 0.591. The Hall–Kier alpha value is -1.92. The third-order valence-electron chi connectivity index (χ3n) is 2.82. The van der Waals surface area contributed by atoms with Crippen molar-refractivity contribution in [1.29, 1.82) is 0 Å². The highest BCUT2D eigenvalue weighted by Crippen LogP contribution is 2.15. The van der Waals surface area contributed by atoms with E-state index in [1.54, 1.807) is 0 Å². The van der Waals surface area contributed by atoms with Gasteiger partial charge in [0.15, 0.2) is 0 Å². The lowest BCUT2D eigenvalue weighted by Gasteiger charge is -2.28. The van der Waals surface area contributed by atoms with Gasteiger partial charge in [-0.3, -0.25) is 4.79 Å². The number of rotatable bonds is 4. The first-order chi connectivity index (χ1) is 9.29. The summed E-state index contributed by atoms with van der Waals surface area (Å²) in [6.45, 7) is 2.76. The predicted octanol–water partition coefficient (Wildman–Crippen LogP) is -0.0344. The minimum atomic E-state index is -0.562. The highest BCUT2D eigenvalue weighted by Gasteiger charge is 2.10. The Labute approximate surface area is 111 Å². The van der Waals surface area contributed by atoms with Gasteiger partial charge in [0.1, 0.15) is 6.61 Å². The predicted molar refractivity (Wildman–Crippen MR) is 72.3 cm³/mol. The monoisotopic (exact) mass is 263 g/mol. The van der Waals surface area contributed by atoms with Gasteiger partial charge in [0.05, 0.1) is 19.4 Å². The maximum Gasteiger partial charge on any atom is 0.265 e. The van der Waals surface area contributed by atoms with Crippen LogP contribution in [0.2, 0.25) is 0 Å². The molecule has 0 unspecified atom stereocenters. The number of carbonyl (C=O) groups is 1. The maximum absolute atomic E-state index is 10.8. The van der Waals surface area contributed by atoms with E-state index in [0.29, 0.717) is 0 Å². The van der Waals surface area contributed by atoms with E-state index in [0.717, 1.165) is 37.6 Å². The lowest BCUT2D eigenvalue weighted by Crippen LogP contribution is -2.36. The second kappa shape index (κ2) is 6.86. The Bertz CT molecular complexity index is 439. The Morgan fingerprint density at radius 1 is 1.37 bits per heavy atom. The molecule has 1 fully saturated rings. The number of aliphatic hydroxyl groups is 1. The van der Waals surface area contributed by atoms with Crippen molar-refractivity contribution < 1.29 is 14.6 Å². The molecule has 1 saturated heterocycles. The summed E-state index contributed by atoms with van der Waals surface area (Å²) in [5.41, 5.74) is 4.25. The minimum absolute atomic E-state index is 0.527. The molecule has 1 aromatic carbocycles. The van der Waals surface area contributed by atoms with Crippen LogP contribution < -0.4 is 10.3 Å². The van der Waals surface area contributed by atoms with Gasteiger partial charge in [-0.2, -0.15) is 5.10 Å². The molecule has 0 aliphatic carbocycles. The van der Waals surface area contributed by atoms with Crippen LogP contribution in [-0.2, 0) is 9.53 Å². The molecule has 0 saturated carbocycles. The van der Waals surface area contributed by atoms with Crippen LogP contribution in [-0.4, -0.2) is 50.1 Å². The topological polar surface area (TPSA) is 74.2 Å². The van der Waals surface area contributed by atoms with Crippen molar-refractivity contribution in [3.8, 4) is 0 Å². The molecular formula is C13H17N3O3. The number of nitrogens with one attached hydrogen (secondary N) is 1. The van der Waals surface area contributed by atoms with Crippen LogP contribution in [0.5, 0.6) is 0 Å². The van der Waals surface area contributed by atoms with E-state index in [4.69, 9.17) is 9.84 Å². The molecule has 6 nitrogen and oxygen atoms in total. The average Bonchev–Trinajstić information content (AvgIpc) is 2.48. The second-order valence-corrected chi connectivity index (χ2v) is 4.14. The van der Waals surface area contributed by atoms with Crippen LogP contribution in [0.15, 0.2) is 29.4 Å². The Balaban J connectivity index is 1.92. The molecule has 1 heterocycles. The standard InChI is InChI=1S/C13H17N3O3/c17-10-13(18)15-14-9-11-1-3-12(4-2-11)16-5-7-19-8-6-16/h1-4,9,17H,5-8,10H2,(H,15,18)/b14-9+. The maximum atomic E-state index is 10.8. The summed E-state index contributed by atoms with van der Waals surface area (Å²) in [4.78, 5) is 13.0. The molecule has 19 heavy (non-hydrogen) atoms. The fourth-order valence-electron chi connectivity index (χ4n) is 1.81. The summed E-state index contributed by atoms with van der Waals surface area (Å²) < 4.78 is 5.31. The first-order valence-corrected chi connectivity index (χ1v) is 6.15. The number of benzene rings is 1. The van der Waals surface area contributed by atoms with E-state index < -0.39 is 12.5 Å². The van der Waals surface area contributed by atoms with Gasteiger partial charge >= 0.3 is 0 Å². The van der Waals surface area contributed by atoms with E-state index >= 15 is 0 Å². The molecule has 2 N–H and O–H groups in total. The number of hydrogen-bond acceptors (Lipinski definition) is 5. The van der Waals surface area contributed by atoms with E-state index in [1.807, 2.05) is 24.3 Å². The number of hydrazone groups is 1. The summed E-state index contributed by atoms with van der Waals surface area (Å²) in [5, 5.41) is 12.2. The van der Waals surface area contributed by atoms with Crippen LogP contribution >= 0.6 is 0 Å². The van der Waals surface area contributed by atoms with E-state index in [1.165, 1.54) is 6.21 Å². The Morgan fingerprint density at radius 2 is 2.05 bits per heavy atom. The van der Waals surface area contributed by atoms with Crippen molar-refractivity contribution in [3.63, 3.8) is 0 Å². The largest absolute Gasteiger partial charge is 0.386 e. The highest BCUT2D eigenvalue weighted by atomic mass is 16.5. The molecule has 0 bridgehead atoms. The Kier molecular flexibility index (Phi) is 4.88. The minimum Gasteiger partial charge on any atom is -0.386 e. The number of hydrogen-bond donors (Lipinski definition) is 2. The molecular weight excluding hydrogens is 246 g/mol. The van der Waals surface area contributed by atoms with Crippen molar-refractivity contribution in [2.24, 2.45) is 5.10 Å². The summed E-state index contributed by atoms with van der Waals surface area (Å²) >= 11 is 0. The van der Waals surface area contributed by atoms with Gasteiger partial charge in [0, 0.05) is 18.8 Å². The smallest absolute Gasteiger partial charge is 0.265 e. The second-order valence-electron chi connectivity index (χ2n) is 4.14. The SMILES string of the molecule is O=C(CO)N/N=C/c1ccc(N2CCOCC2)cc1. The highest BCUT2D eigenvalue weighted by molar-refractivity contribution is 5.83. The lowest BCUT2D eigenvalue weighted by molar-refractivity contribution is -0.123. The van der Waals surface area contributed by atoms with Gasteiger partial charge in [-0.05, 0) is 17.7 Å². The molecule has 1 amide bonds. The van der Waals surface area contributed by atoms with E-state index in [9.17, 15) is 4.79 Å². The number of aliphatic hydroxyl groups excluding tert-OH is 1. The number of anilines is 1. The first-order valence-electron chi connectivity index (χ1n) is 6.15. The van der Waals surface area contributed by atoms with Gasteiger partial charge in [-0.25, -0.2) is 5.43 Å². The molecule has 1 aliphatic heterocycles. The molecule has 0 spiro atoms.